The second-order valence-electron chi connectivity index (χ2n) is 4.05. The van der Waals surface area contributed by atoms with Crippen LogP contribution in [0.2, 0.25) is 5.02 Å². The van der Waals surface area contributed by atoms with Crippen LogP contribution in [0.4, 0.5) is 10.1 Å². The van der Waals surface area contributed by atoms with Gasteiger partial charge < -0.3 is 15.6 Å². The Bertz CT molecular complexity index is 641. The maximum Gasteiger partial charge on any atom is 0.335 e. The minimum absolute atomic E-state index is 0.0360. The van der Waals surface area contributed by atoms with Crippen molar-refractivity contribution in [1.29, 1.82) is 0 Å². The van der Waals surface area contributed by atoms with Gasteiger partial charge in [0.25, 0.3) is 0 Å². The van der Waals surface area contributed by atoms with Crippen LogP contribution < -0.4 is 10.5 Å². The van der Waals surface area contributed by atoms with E-state index in [2.05, 4.69) is 0 Å². The van der Waals surface area contributed by atoms with Gasteiger partial charge >= 0.3 is 5.97 Å². The molecular weight excluding hydrogens is 285 g/mol. The third-order valence-electron chi connectivity index (χ3n) is 2.69. The van der Waals surface area contributed by atoms with E-state index in [0.29, 0.717) is 0 Å². The number of carbonyl (C=O) groups is 1. The molecule has 2 aromatic carbocycles. The Morgan fingerprint density at radius 3 is 2.75 bits per heavy atom. The summed E-state index contributed by atoms with van der Waals surface area (Å²) in [6.07, 6.45) is 0. The van der Waals surface area contributed by atoms with Crippen molar-refractivity contribution >= 4 is 23.3 Å². The van der Waals surface area contributed by atoms with Gasteiger partial charge in [0.2, 0.25) is 0 Å². The van der Waals surface area contributed by atoms with Gasteiger partial charge in [0.1, 0.15) is 18.2 Å². The topological polar surface area (TPSA) is 72.6 Å². The highest BCUT2D eigenvalue weighted by molar-refractivity contribution is 6.31. The first-order chi connectivity index (χ1) is 9.49. The second-order valence-corrected chi connectivity index (χ2v) is 4.45. The lowest BCUT2D eigenvalue weighted by Crippen LogP contribution is -2.04. The molecule has 104 valence electrons. The Balaban J connectivity index is 2.23. The number of carboxylic acids is 1. The predicted molar refractivity (Wildman–Crippen MR) is 73.6 cm³/mol. The van der Waals surface area contributed by atoms with Crippen molar-refractivity contribution in [3.8, 4) is 5.75 Å². The molecule has 0 heterocycles. The Morgan fingerprint density at radius 2 is 2.10 bits per heavy atom. The molecule has 0 fully saturated rings. The number of nitrogen functional groups attached to an aromatic ring is 1. The summed E-state index contributed by atoms with van der Waals surface area (Å²) in [5, 5.41) is 9.13. The van der Waals surface area contributed by atoms with Crippen LogP contribution in [0.5, 0.6) is 5.75 Å². The summed E-state index contributed by atoms with van der Waals surface area (Å²) >= 11 is 5.87. The molecule has 20 heavy (non-hydrogen) atoms. The lowest BCUT2D eigenvalue weighted by atomic mass is 10.2. The number of carboxylic acid groups (broad SMARTS) is 1. The molecule has 2 rings (SSSR count). The van der Waals surface area contributed by atoms with Crippen molar-refractivity contribution in [2.75, 3.05) is 5.73 Å². The van der Waals surface area contributed by atoms with E-state index in [0.717, 1.165) is 0 Å². The molecule has 0 atom stereocenters. The van der Waals surface area contributed by atoms with Crippen LogP contribution >= 0.6 is 11.6 Å². The zero-order valence-electron chi connectivity index (χ0n) is 10.3. The predicted octanol–water partition coefficient (Wildman–Crippen LogP) is 3.34. The Kier molecular flexibility index (Phi) is 4.10. The number of benzene rings is 2. The highest BCUT2D eigenvalue weighted by Gasteiger charge is 2.11. The zero-order chi connectivity index (χ0) is 14.7. The van der Waals surface area contributed by atoms with Crippen molar-refractivity contribution in [2.45, 2.75) is 6.61 Å². The second kappa shape index (κ2) is 5.79. The Labute approximate surface area is 119 Å². The Hall–Kier alpha value is -2.27. The van der Waals surface area contributed by atoms with E-state index in [4.69, 9.17) is 27.2 Å². The normalized spacial score (nSPS) is 10.3. The molecule has 4 nitrogen and oxygen atoms in total. The van der Waals surface area contributed by atoms with E-state index in [1.165, 1.54) is 30.3 Å². The van der Waals surface area contributed by atoms with Crippen LogP contribution in [0.1, 0.15) is 15.9 Å². The molecule has 6 heteroatoms. The Morgan fingerprint density at radius 1 is 1.35 bits per heavy atom. The first-order valence-electron chi connectivity index (χ1n) is 5.67. The molecule has 0 saturated carbocycles. The molecule has 0 unspecified atom stereocenters. The fraction of sp³-hybridized carbons (Fsp3) is 0.0714. The minimum atomic E-state index is -1.10. The molecule has 0 aromatic heterocycles. The van der Waals surface area contributed by atoms with E-state index >= 15 is 0 Å². The summed E-state index contributed by atoms with van der Waals surface area (Å²) in [5.74, 6) is -1.42. The molecule has 0 spiro atoms. The molecule has 0 radical (unpaired) electrons. The largest absolute Gasteiger partial charge is 0.487 e. The number of halogens is 2. The van der Waals surface area contributed by atoms with E-state index in [9.17, 15) is 9.18 Å². The number of aromatic carboxylic acids is 1. The van der Waals surface area contributed by atoms with Crippen LogP contribution in [0.25, 0.3) is 0 Å². The van der Waals surface area contributed by atoms with Gasteiger partial charge in [-0.1, -0.05) is 17.7 Å². The van der Waals surface area contributed by atoms with Gasteiger partial charge in [-0.05, 0) is 30.3 Å². The van der Waals surface area contributed by atoms with Crippen LogP contribution in [0.15, 0.2) is 36.4 Å². The number of nitrogens with two attached hydrogens (primary N) is 1. The molecule has 2 aromatic rings. The third kappa shape index (κ3) is 3.00. The zero-order valence-corrected chi connectivity index (χ0v) is 11.0. The minimum Gasteiger partial charge on any atom is -0.487 e. The summed E-state index contributed by atoms with van der Waals surface area (Å²) < 4.78 is 18.9. The summed E-state index contributed by atoms with van der Waals surface area (Å²) in [6, 6.07) is 8.36. The van der Waals surface area contributed by atoms with Crippen molar-refractivity contribution in [3.05, 3.63) is 58.4 Å². The third-order valence-corrected chi connectivity index (χ3v) is 3.05. The summed E-state index contributed by atoms with van der Waals surface area (Å²) in [7, 11) is 0. The van der Waals surface area contributed by atoms with E-state index < -0.39 is 11.8 Å². The van der Waals surface area contributed by atoms with Crippen LogP contribution in [-0.4, -0.2) is 11.1 Å². The van der Waals surface area contributed by atoms with Crippen molar-refractivity contribution in [1.82, 2.24) is 0 Å². The lowest BCUT2D eigenvalue weighted by Gasteiger charge is -2.11. The molecule has 0 aliphatic rings. The molecule has 0 bridgehead atoms. The monoisotopic (exact) mass is 295 g/mol. The first kappa shape index (κ1) is 14.1. The average Bonchev–Trinajstić information content (AvgIpc) is 2.39. The van der Waals surface area contributed by atoms with Gasteiger partial charge in [0.05, 0.1) is 16.3 Å². The standard InChI is InChI=1S/C14H11ClFNO3/c15-10-2-1-3-11(16)9(10)7-20-13-6-8(14(18)19)4-5-12(13)17/h1-6H,7,17H2,(H,18,19). The summed E-state index contributed by atoms with van der Waals surface area (Å²) in [5.41, 5.74) is 6.18. The summed E-state index contributed by atoms with van der Waals surface area (Å²) in [6.45, 7) is -0.140. The molecule has 0 aliphatic heterocycles. The fourth-order valence-corrected chi connectivity index (χ4v) is 1.83. The van der Waals surface area contributed by atoms with E-state index in [1.807, 2.05) is 0 Å². The van der Waals surface area contributed by atoms with Crippen LogP contribution in [0, 0.1) is 5.82 Å². The van der Waals surface area contributed by atoms with Gasteiger partial charge in [-0.25, -0.2) is 9.18 Å². The first-order valence-corrected chi connectivity index (χ1v) is 6.05. The smallest absolute Gasteiger partial charge is 0.335 e. The van der Waals surface area contributed by atoms with Crippen molar-refractivity contribution < 1.29 is 19.0 Å². The average molecular weight is 296 g/mol. The maximum absolute atomic E-state index is 13.6. The van der Waals surface area contributed by atoms with E-state index in [-0.39, 0.29) is 34.2 Å². The number of hydrogen-bond acceptors (Lipinski definition) is 3. The highest BCUT2D eigenvalue weighted by atomic mass is 35.5. The van der Waals surface area contributed by atoms with Gasteiger partial charge in [-0.3, -0.25) is 0 Å². The van der Waals surface area contributed by atoms with E-state index in [1.54, 1.807) is 6.07 Å². The van der Waals surface area contributed by atoms with Gasteiger partial charge in [0, 0.05) is 5.56 Å². The fourth-order valence-electron chi connectivity index (χ4n) is 1.61. The van der Waals surface area contributed by atoms with Crippen LogP contribution in [-0.2, 0) is 6.61 Å². The van der Waals surface area contributed by atoms with Gasteiger partial charge in [0.15, 0.2) is 0 Å². The molecule has 0 amide bonds. The quantitative estimate of drug-likeness (QED) is 0.849. The van der Waals surface area contributed by atoms with Crippen molar-refractivity contribution in [2.24, 2.45) is 0 Å². The maximum atomic E-state index is 13.6. The number of rotatable bonds is 4. The number of hydrogen-bond donors (Lipinski definition) is 2. The molecule has 3 N–H and O–H groups in total. The number of ether oxygens (including phenoxy) is 1. The molecule has 0 saturated heterocycles. The van der Waals surface area contributed by atoms with Crippen molar-refractivity contribution in [3.63, 3.8) is 0 Å². The highest BCUT2D eigenvalue weighted by Crippen LogP contribution is 2.26. The molecular formula is C14H11ClFNO3. The molecule has 0 aliphatic carbocycles. The SMILES string of the molecule is Nc1ccc(C(=O)O)cc1OCc1c(F)cccc1Cl. The number of anilines is 1. The van der Waals surface area contributed by atoms with Crippen LogP contribution in [0.3, 0.4) is 0 Å². The lowest BCUT2D eigenvalue weighted by molar-refractivity contribution is 0.0696. The van der Waals surface area contributed by atoms with Gasteiger partial charge in [-0.15, -0.1) is 0 Å². The van der Waals surface area contributed by atoms with Gasteiger partial charge in [-0.2, -0.15) is 0 Å². The summed E-state index contributed by atoms with van der Waals surface area (Å²) in [4.78, 5) is 10.9.